The molecule has 0 aliphatic heterocycles. The van der Waals surface area contributed by atoms with E-state index in [1.54, 1.807) is 0 Å². The number of hydrogen-bond acceptors (Lipinski definition) is 3. The molecule has 0 aromatic carbocycles. The van der Waals surface area contributed by atoms with Gasteiger partial charge in [0.15, 0.2) is 4.84 Å². The van der Waals surface area contributed by atoms with Gasteiger partial charge in [-0.1, -0.05) is 33.5 Å². The summed E-state index contributed by atoms with van der Waals surface area (Å²) in [6, 6.07) is 0. The van der Waals surface area contributed by atoms with E-state index in [-0.39, 0.29) is 0 Å². The Morgan fingerprint density at radius 3 is 2.62 bits per heavy atom. The maximum atomic E-state index is 5.35. The average Bonchev–Trinajstić information content (AvgIpc) is 2.12. The van der Waals surface area contributed by atoms with Gasteiger partial charge in [-0.05, 0) is 0 Å². The van der Waals surface area contributed by atoms with Gasteiger partial charge in [-0.3, -0.25) is 0 Å². The van der Waals surface area contributed by atoms with Crippen LogP contribution in [0.5, 0.6) is 0 Å². The molecular weight excluding hydrogens is 151 g/mol. The lowest BCUT2D eigenvalue weighted by molar-refractivity contribution is 0.304. The van der Waals surface area contributed by atoms with Crippen molar-refractivity contribution >= 4 is 23.2 Å². The highest BCUT2D eigenvalue weighted by atomic mass is 35.5. The first-order chi connectivity index (χ1) is 3.80. The van der Waals surface area contributed by atoms with Gasteiger partial charge in [0.1, 0.15) is 5.69 Å². The van der Waals surface area contributed by atoms with Crippen LogP contribution in [0.15, 0.2) is 10.8 Å². The predicted molar refractivity (Wildman–Crippen MR) is 28.7 cm³/mol. The fourth-order valence-corrected chi connectivity index (χ4v) is 0.460. The molecule has 1 aromatic heterocycles. The highest BCUT2D eigenvalue weighted by Gasteiger charge is 2.05. The van der Waals surface area contributed by atoms with Gasteiger partial charge in [0.25, 0.3) is 0 Å². The van der Waals surface area contributed by atoms with Gasteiger partial charge in [-0.25, -0.2) is 4.63 Å². The van der Waals surface area contributed by atoms with E-state index in [1.165, 1.54) is 6.20 Å². The molecule has 0 unspecified atom stereocenters. The Balaban J connectivity index is 2.77. The third-order valence-corrected chi connectivity index (χ3v) is 1.05. The predicted octanol–water partition coefficient (Wildman–Crippen LogP) is 1.55. The first-order valence-corrected chi connectivity index (χ1v) is 2.73. The maximum Gasteiger partial charge on any atom is 0.154 e. The van der Waals surface area contributed by atoms with Gasteiger partial charge in [-0.2, -0.15) is 0 Å². The average molecular weight is 153 g/mol. The van der Waals surface area contributed by atoms with Gasteiger partial charge >= 0.3 is 0 Å². The quantitative estimate of drug-likeness (QED) is 0.574. The van der Waals surface area contributed by atoms with Crippen LogP contribution in [0.1, 0.15) is 10.5 Å². The number of hydrogen-bond donors (Lipinski definition) is 0. The largest absolute Gasteiger partial charge is 0.244 e. The van der Waals surface area contributed by atoms with E-state index >= 15 is 0 Å². The number of aromatic nitrogens is 2. The van der Waals surface area contributed by atoms with Gasteiger partial charge in [0, 0.05) is 0 Å². The minimum atomic E-state index is -0.638. The fourth-order valence-electron chi connectivity index (χ4n) is 0.268. The van der Waals surface area contributed by atoms with E-state index in [0.717, 1.165) is 0 Å². The second-order valence-corrected chi connectivity index (χ2v) is 2.23. The number of alkyl halides is 2. The molecule has 5 heteroatoms. The second-order valence-electron chi connectivity index (χ2n) is 1.13. The van der Waals surface area contributed by atoms with Crippen molar-refractivity contribution < 1.29 is 4.63 Å². The molecule has 3 nitrogen and oxygen atoms in total. The van der Waals surface area contributed by atoms with Crippen molar-refractivity contribution in [3.63, 3.8) is 0 Å². The Bertz CT molecular complexity index is 150. The molecule has 1 aromatic rings. The zero-order valence-corrected chi connectivity index (χ0v) is 5.23. The molecule has 0 aliphatic carbocycles. The molecule has 0 radical (unpaired) electrons. The SMILES string of the molecule is ClC(Cl)c1cnon1. The van der Waals surface area contributed by atoms with E-state index in [0.29, 0.717) is 5.69 Å². The molecule has 0 fully saturated rings. The summed E-state index contributed by atoms with van der Waals surface area (Å²) in [6.07, 6.45) is 1.37. The fraction of sp³-hybridized carbons (Fsp3) is 0.333. The zero-order chi connectivity index (χ0) is 5.98. The summed E-state index contributed by atoms with van der Waals surface area (Å²) < 4.78 is 4.21. The van der Waals surface area contributed by atoms with E-state index in [1.807, 2.05) is 0 Å². The molecule has 0 saturated carbocycles. The van der Waals surface area contributed by atoms with E-state index in [9.17, 15) is 0 Å². The van der Waals surface area contributed by atoms with Crippen molar-refractivity contribution in [2.45, 2.75) is 4.84 Å². The lowest BCUT2D eigenvalue weighted by atomic mass is 10.6. The Morgan fingerprint density at radius 1 is 1.62 bits per heavy atom. The molecule has 0 N–H and O–H groups in total. The molecule has 0 amide bonds. The van der Waals surface area contributed by atoms with Crippen LogP contribution in [-0.2, 0) is 0 Å². The van der Waals surface area contributed by atoms with E-state index in [4.69, 9.17) is 23.2 Å². The first-order valence-electron chi connectivity index (χ1n) is 1.86. The van der Waals surface area contributed by atoms with Crippen LogP contribution < -0.4 is 0 Å². The van der Waals surface area contributed by atoms with Crippen molar-refractivity contribution in [1.82, 2.24) is 10.3 Å². The van der Waals surface area contributed by atoms with Crippen molar-refractivity contribution in [3.05, 3.63) is 11.9 Å². The van der Waals surface area contributed by atoms with Crippen LogP contribution >= 0.6 is 23.2 Å². The molecule has 0 saturated heterocycles. The summed E-state index contributed by atoms with van der Waals surface area (Å²) in [6.45, 7) is 0. The number of halogens is 2. The molecule has 0 spiro atoms. The molecule has 8 heavy (non-hydrogen) atoms. The summed E-state index contributed by atoms with van der Waals surface area (Å²) in [4.78, 5) is -0.638. The summed E-state index contributed by atoms with van der Waals surface area (Å²) in [5, 5.41) is 6.65. The van der Waals surface area contributed by atoms with Gasteiger partial charge < -0.3 is 0 Å². The molecular formula is C3H2Cl2N2O. The standard InChI is InChI=1S/C3H2Cl2N2O/c4-3(5)2-1-6-8-7-2/h1,3H. The van der Waals surface area contributed by atoms with E-state index < -0.39 is 4.84 Å². The highest BCUT2D eigenvalue weighted by Crippen LogP contribution is 2.20. The number of rotatable bonds is 1. The van der Waals surface area contributed by atoms with Crippen LogP contribution in [0.25, 0.3) is 0 Å². The molecule has 1 heterocycles. The molecule has 0 aliphatic rings. The second kappa shape index (κ2) is 2.33. The van der Waals surface area contributed by atoms with Gasteiger partial charge in [0.2, 0.25) is 0 Å². The summed E-state index contributed by atoms with van der Waals surface area (Å²) in [5.41, 5.74) is 0.438. The third kappa shape index (κ3) is 1.11. The first kappa shape index (κ1) is 5.85. The van der Waals surface area contributed by atoms with Crippen LogP contribution in [0.3, 0.4) is 0 Å². The summed E-state index contributed by atoms with van der Waals surface area (Å²) in [7, 11) is 0. The van der Waals surface area contributed by atoms with E-state index in [2.05, 4.69) is 14.9 Å². The Morgan fingerprint density at radius 2 is 2.38 bits per heavy atom. The Labute approximate surface area is 55.5 Å². The Kier molecular flexibility index (Phi) is 1.70. The smallest absolute Gasteiger partial charge is 0.154 e. The zero-order valence-electron chi connectivity index (χ0n) is 3.71. The minimum absolute atomic E-state index is 0.438. The monoisotopic (exact) mass is 152 g/mol. The lowest BCUT2D eigenvalue weighted by Gasteiger charge is -1.85. The van der Waals surface area contributed by atoms with Crippen molar-refractivity contribution in [2.24, 2.45) is 0 Å². The van der Waals surface area contributed by atoms with Crippen LogP contribution in [0, 0.1) is 0 Å². The van der Waals surface area contributed by atoms with Crippen molar-refractivity contribution in [1.29, 1.82) is 0 Å². The van der Waals surface area contributed by atoms with Gasteiger partial charge in [0.05, 0.1) is 6.20 Å². The third-order valence-electron chi connectivity index (χ3n) is 0.602. The van der Waals surface area contributed by atoms with Crippen molar-refractivity contribution in [2.75, 3.05) is 0 Å². The summed E-state index contributed by atoms with van der Waals surface area (Å²) >= 11 is 10.7. The van der Waals surface area contributed by atoms with Crippen LogP contribution in [0.4, 0.5) is 0 Å². The van der Waals surface area contributed by atoms with Crippen LogP contribution in [-0.4, -0.2) is 10.3 Å². The molecule has 44 valence electrons. The molecule has 0 bridgehead atoms. The maximum absolute atomic E-state index is 5.35. The van der Waals surface area contributed by atoms with Crippen LogP contribution in [0.2, 0.25) is 0 Å². The lowest BCUT2D eigenvalue weighted by Crippen LogP contribution is -1.76. The summed E-state index contributed by atoms with van der Waals surface area (Å²) in [5.74, 6) is 0. The minimum Gasteiger partial charge on any atom is -0.244 e. The molecule has 0 atom stereocenters. The number of nitrogens with zero attached hydrogens (tertiary/aromatic N) is 2. The Hall–Kier alpha value is -0.280. The van der Waals surface area contributed by atoms with Crippen molar-refractivity contribution in [3.8, 4) is 0 Å². The highest BCUT2D eigenvalue weighted by molar-refractivity contribution is 6.43. The van der Waals surface area contributed by atoms with Gasteiger partial charge in [-0.15, -0.1) is 0 Å². The topological polar surface area (TPSA) is 38.9 Å². The molecule has 1 rings (SSSR count). The normalized spacial score (nSPS) is 10.4.